The van der Waals surface area contributed by atoms with Crippen molar-refractivity contribution in [1.82, 2.24) is 4.98 Å². The van der Waals surface area contributed by atoms with Gasteiger partial charge in [-0.3, -0.25) is 9.98 Å². The third-order valence-electron chi connectivity index (χ3n) is 9.11. The van der Waals surface area contributed by atoms with Gasteiger partial charge >= 0.3 is 0 Å². The highest BCUT2D eigenvalue weighted by Crippen LogP contribution is 2.32. The Morgan fingerprint density at radius 1 is 0.438 bits per heavy atom. The van der Waals surface area contributed by atoms with Crippen molar-refractivity contribution >= 4 is 27.8 Å². The van der Waals surface area contributed by atoms with Crippen LogP contribution >= 0.6 is 0 Å². The lowest BCUT2D eigenvalue weighted by Crippen LogP contribution is -2.03. The normalized spacial score (nSPS) is 16.5. The summed E-state index contributed by atoms with van der Waals surface area (Å²) < 4.78 is 0. The molecular formula is C46H34N2. The molecule has 0 bridgehead atoms. The second-order valence-electron chi connectivity index (χ2n) is 12.2. The SMILES string of the molecule is C1=C(c2ccc(-c3ccc(-c4cccnc4)cc3)cc2)\N=C(\c2ccc(-c3cccc4ccccc34)cc2)CC\C=C/1c1ccccc1. The Morgan fingerprint density at radius 3 is 1.77 bits per heavy atom. The molecule has 1 aromatic heterocycles. The predicted molar refractivity (Wildman–Crippen MR) is 203 cm³/mol. The first kappa shape index (κ1) is 29.3. The van der Waals surface area contributed by atoms with E-state index in [1.165, 1.54) is 44.2 Å². The zero-order chi connectivity index (χ0) is 32.1. The van der Waals surface area contributed by atoms with Gasteiger partial charge in [0.05, 0.1) is 5.70 Å². The molecule has 0 aliphatic carbocycles. The molecule has 0 saturated heterocycles. The van der Waals surface area contributed by atoms with Gasteiger partial charge in [0.2, 0.25) is 0 Å². The second-order valence-corrected chi connectivity index (χ2v) is 12.2. The third-order valence-corrected chi connectivity index (χ3v) is 9.11. The van der Waals surface area contributed by atoms with Crippen molar-refractivity contribution in [1.29, 1.82) is 0 Å². The summed E-state index contributed by atoms with van der Waals surface area (Å²) in [6.45, 7) is 0. The Kier molecular flexibility index (Phi) is 8.13. The molecule has 2 nitrogen and oxygen atoms in total. The molecule has 228 valence electrons. The lowest BCUT2D eigenvalue weighted by atomic mass is 9.94. The van der Waals surface area contributed by atoms with Crippen LogP contribution < -0.4 is 0 Å². The highest BCUT2D eigenvalue weighted by atomic mass is 14.8. The monoisotopic (exact) mass is 614 g/mol. The molecule has 0 radical (unpaired) electrons. The molecule has 0 saturated carbocycles. The summed E-state index contributed by atoms with van der Waals surface area (Å²) in [6.07, 6.45) is 10.1. The first-order valence-corrected chi connectivity index (χ1v) is 16.5. The Bertz CT molecular complexity index is 2270. The van der Waals surface area contributed by atoms with Gasteiger partial charge < -0.3 is 0 Å². The van der Waals surface area contributed by atoms with E-state index in [4.69, 9.17) is 4.99 Å². The fourth-order valence-corrected chi connectivity index (χ4v) is 6.53. The van der Waals surface area contributed by atoms with Crippen molar-refractivity contribution < 1.29 is 0 Å². The van der Waals surface area contributed by atoms with Crippen LogP contribution in [0.3, 0.4) is 0 Å². The molecule has 0 unspecified atom stereocenters. The molecule has 1 aliphatic rings. The second kappa shape index (κ2) is 13.3. The molecule has 2 heteroatoms. The molecule has 0 atom stereocenters. The van der Waals surface area contributed by atoms with E-state index < -0.39 is 0 Å². The number of nitrogens with zero attached hydrogens (tertiary/aromatic N) is 2. The number of aliphatic imine (C=N–C) groups is 1. The van der Waals surface area contributed by atoms with Crippen LogP contribution in [0.25, 0.3) is 55.4 Å². The molecule has 0 amide bonds. The molecule has 48 heavy (non-hydrogen) atoms. The molecule has 8 rings (SSSR count). The number of fused-ring (bicyclic) bond motifs is 1. The Morgan fingerprint density at radius 2 is 1.04 bits per heavy atom. The summed E-state index contributed by atoms with van der Waals surface area (Å²) in [6, 6.07) is 56.2. The van der Waals surface area contributed by atoms with E-state index in [9.17, 15) is 0 Å². The molecular weight excluding hydrogens is 581 g/mol. The zero-order valence-electron chi connectivity index (χ0n) is 26.6. The molecule has 0 N–H and O–H groups in total. The smallest absolute Gasteiger partial charge is 0.0711 e. The number of allylic oxidation sites excluding steroid dienone is 3. The van der Waals surface area contributed by atoms with Gasteiger partial charge in [-0.1, -0.05) is 158 Å². The largest absolute Gasteiger partial charge is 0.264 e. The fourth-order valence-electron chi connectivity index (χ4n) is 6.53. The maximum absolute atomic E-state index is 5.38. The van der Waals surface area contributed by atoms with Crippen LogP contribution in [0, 0.1) is 0 Å². The van der Waals surface area contributed by atoms with Gasteiger partial charge in [0.1, 0.15) is 0 Å². The lowest BCUT2D eigenvalue weighted by Gasteiger charge is -2.15. The van der Waals surface area contributed by atoms with E-state index >= 15 is 0 Å². The minimum absolute atomic E-state index is 0.864. The summed E-state index contributed by atoms with van der Waals surface area (Å²) in [5.41, 5.74) is 13.8. The summed E-state index contributed by atoms with van der Waals surface area (Å²) >= 11 is 0. The van der Waals surface area contributed by atoms with Gasteiger partial charge in [-0.15, -0.1) is 0 Å². The van der Waals surface area contributed by atoms with Gasteiger partial charge in [0, 0.05) is 23.7 Å². The van der Waals surface area contributed by atoms with Gasteiger partial charge in [-0.25, -0.2) is 0 Å². The molecule has 6 aromatic carbocycles. The van der Waals surface area contributed by atoms with Crippen LogP contribution in [0.4, 0.5) is 0 Å². The zero-order valence-corrected chi connectivity index (χ0v) is 26.6. The summed E-state index contributed by atoms with van der Waals surface area (Å²) in [5, 5.41) is 2.53. The highest BCUT2D eigenvalue weighted by molar-refractivity contribution is 6.05. The molecule has 2 heterocycles. The molecule has 0 fully saturated rings. The van der Waals surface area contributed by atoms with E-state index in [0.29, 0.717) is 0 Å². The minimum Gasteiger partial charge on any atom is -0.264 e. The molecule has 7 aromatic rings. The Hall–Kier alpha value is -6.12. The van der Waals surface area contributed by atoms with E-state index in [-0.39, 0.29) is 0 Å². The summed E-state index contributed by atoms with van der Waals surface area (Å²) in [7, 11) is 0. The summed E-state index contributed by atoms with van der Waals surface area (Å²) in [5.74, 6) is 0. The Balaban J connectivity index is 1.13. The van der Waals surface area contributed by atoms with E-state index in [2.05, 4.69) is 169 Å². The van der Waals surface area contributed by atoms with Gasteiger partial charge in [0.25, 0.3) is 0 Å². The van der Waals surface area contributed by atoms with Crippen molar-refractivity contribution in [2.24, 2.45) is 4.99 Å². The highest BCUT2D eigenvalue weighted by Gasteiger charge is 2.13. The van der Waals surface area contributed by atoms with E-state index in [0.717, 1.165) is 46.5 Å². The lowest BCUT2D eigenvalue weighted by molar-refractivity contribution is 1.09. The quantitative estimate of drug-likeness (QED) is 0.183. The molecule has 1 aliphatic heterocycles. The van der Waals surface area contributed by atoms with E-state index in [1.54, 1.807) is 6.20 Å². The van der Waals surface area contributed by atoms with Crippen molar-refractivity contribution in [3.8, 4) is 33.4 Å². The number of hydrogen-bond donors (Lipinski definition) is 0. The van der Waals surface area contributed by atoms with Crippen LogP contribution in [-0.4, -0.2) is 10.7 Å². The van der Waals surface area contributed by atoms with Crippen molar-refractivity contribution in [2.75, 3.05) is 0 Å². The average molecular weight is 615 g/mol. The van der Waals surface area contributed by atoms with Gasteiger partial charge in [0.15, 0.2) is 0 Å². The first-order valence-electron chi connectivity index (χ1n) is 16.5. The topological polar surface area (TPSA) is 25.2 Å². The number of benzene rings is 6. The van der Waals surface area contributed by atoms with Crippen molar-refractivity contribution in [2.45, 2.75) is 12.8 Å². The maximum Gasteiger partial charge on any atom is 0.0711 e. The minimum atomic E-state index is 0.864. The number of pyridine rings is 1. The first-order chi connectivity index (χ1) is 23.8. The number of hydrogen-bond acceptors (Lipinski definition) is 2. The van der Waals surface area contributed by atoms with Crippen LogP contribution in [0.2, 0.25) is 0 Å². The Labute approximate surface area is 282 Å². The summed E-state index contributed by atoms with van der Waals surface area (Å²) in [4.78, 5) is 9.65. The number of aromatic nitrogens is 1. The van der Waals surface area contributed by atoms with Crippen molar-refractivity contribution in [3.05, 3.63) is 199 Å². The van der Waals surface area contributed by atoms with E-state index in [1.807, 2.05) is 12.3 Å². The van der Waals surface area contributed by atoms with Crippen molar-refractivity contribution in [3.63, 3.8) is 0 Å². The van der Waals surface area contributed by atoms with Crippen LogP contribution in [0.15, 0.2) is 187 Å². The maximum atomic E-state index is 5.38. The molecule has 0 spiro atoms. The van der Waals surface area contributed by atoms with Crippen LogP contribution in [0.5, 0.6) is 0 Å². The number of rotatable bonds is 6. The average Bonchev–Trinajstić information content (AvgIpc) is 3.16. The van der Waals surface area contributed by atoms with Gasteiger partial charge in [-0.05, 0) is 85.8 Å². The third kappa shape index (κ3) is 6.17. The predicted octanol–water partition coefficient (Wildman–Crippen LogP) is 11.9. The fraction of sp³-hybridized carbons (Fsp3) is 0.0435. The van der Waals surface area contributed by atoms with Gasteiger partial charge in [-0.2, -0.15) is 0 Å². The van der Waals surface area contributed by atoms with Crippen LogP contribution in [0.1, 0.15) is 29.5 Å². The standard InChI is InChI=1S/C46H34N2/c1-2-9-33(10-3-1)41-13-7-17-45(39-28-24-38(25-29-39)44-16-6-12-37-11-4-5-15-43(37)44)48-46(31-41)40-26-22-35(23-27-40)34-18-20-36(21-19-34)42-14-8-30-47-32-42/h1-6,8-16,18-32H,7,17H2/b41-13+,46-31-,48-45+. The van der Waals surface area contributed by atoms with Crippen LogP contribution in [-0.2, 0) is 0 Å².